The molecule has 3 heterocycles. The molecule has 0 aliphatic heterocycles. The number of rotatable bonds is 30. The Kier molecular flexibility index (Phi) is 21.4. The fourth-order valence-corrected chi connectivity index (χ4v) is 7.77. The van der Waals surface area contributed by atoms with Crippen molar-refractivity contribution in [3.8, 4) is 11.8 Å². The van der Waals surface area contributed by atoms with Gasteiger partial charge in [-0.25, -0.2) is 19.6 Å². The third kappa shape index (κ3) is 18.2. The Morgan fingerprint density at radius 2 is 1.39 bits per heavy atom. The summed E-state index contributed by atoms with van der Waals surface area (Å²) in [6.45, 7) is 5.31. The van der Waals surface area contributed by atoms with Gasteiger partial charge in [-0.05, 0) is 50.5 Å². The fourth-order valence-electron chi connectivity index (χ4n) is 6.77. The molecule has 0 bridgehead atoms. The zero-order valence-electron chi connectivity index (χ0n) is 40.3. The number of nitrogens with one attached hydrogen (secondary N) is 7. The number of nitrogens with zero attached hydrogens (tertiary/aromatic N) is 5. The molecule has 31 nitrogen and oxygen atoms in total. The molecule has 4 rings (SSSR count). The molecule has 32 heteroatoms. The summed E-state index contributed by atoms with van der Waals surface area (Å²) in [6.07, 6.45) is -2.49. The number of guanidine groups is 1. The number of hydrogen-bond acceptors (Lipinski definition) is 19. The Balaban J connectivity index is 1.40. The van der Waals surface area contributed by atoms with Crippen molar-refractivity contribution in [2.75, 3.05) is 23.3 Å². The number of aromatic amines is 1. The van der Waals surface area contributed by atoms with Gasteiger partial charge in [-0.3, -0.25) is 52.9 Å². The van der Waals surface area contributed by atoms with E-state index in [4.69, 9.17) is 17.2 Å². The summed E-state index contributed by atoms with van der Waals surface area (Å²) in [5.41, 5.74) is 17.1. The lowest BCUT2D eigenvalue weighted by Gasteiger charge is -2.25. The molecule has 3 aromatic heterocycles. The molecule has 1 aromatic carbocycles. The second-order valence-corrected chi connectivity index (χ2v) is 17.7. The van der Waals surface area contributed by atoms with E-state index in [-0.39, 0.29) is 71.9 Å². The van der Waals surface area contributed by atoms with Crippen LogP contribution >= 0.6 is 11.8 Å². The lowest BCUT2D eigenvalue weighted by Crippen LogP contribution is -2.58. The number of benzene rings is 1. The van der Waals surface area contributed by atoms with Crippen molar-refractivity contribution in [1.29, 1.82) is 0 Å². The van der Waals surface area contributed by atoms with Gasteiger partial charge in [-0.2, -0.15) is 4.98 Å². The first kappa shape index (κ1) is 59.1. The number of anilines is 2. The van der Waals surface area contributed by atoms with E-state index >= 15 is 0 Å². The summed E-state index contributed by atoms with van der Waals surface area (Å²) in [5, 5.41) is 73.8. The van der Waals surface area contributed by atoms with Gasteiger partial charge in [0, 0.05) is 42.6 Å². The molecule has 0 fully saturated rings. The molecule has 0 radical (unpaired) electrons. The molecule has 0 spiro atoms. The Morgan fingerprint density at radius 1 is 0.803 bits per heavy atom. The third-order valence-corrected chi connectivity index (χ3v) is 11.6. The van der Waals surface area contributed by atoms with Crippen LogP contribution in [0.5, 0.6) is 11.8 Å². The Hall–Kier alpha value is -9.49. The van der Waals surface area contributed by atoms with Gasteiger partial charge in [-0.15, -0.1) is 11.8 Å². The van der Waals surface area contributed by atoms with E-state index in [1.807, 2.05) is 0 Å². The summed E-state index contributed by atoms with van der Waals surface area (Å²) in [4.78, 5) is 146. The number of allylic oxidation sites excluding steroid dienone is 1. The predicted molar refractivity (Wildman–Crippen MR) is 267 cm³/mol. The first-order valence-corrected chi connectivity index (χ1v) is 23.5. The van der Waals surface area contributed by atoms with Gasteiger partial charge in [0.2, 0.25) is 35.5 Å². The lowest BCUT2D eigenvalue weighted by molar-refractivity contribution is -0.143. The number of nitrogens with two attached hydrogens (primary N) is 3. The number of fused-ring (bicyclic) bond motifs is 1. The van der Waals surface area contributed by atoms with Crippen LogP contribution in [-0.2, 0) is 51.4 Å². The van der Waals surface area contributed by atoms with Gasteiger partial charge in [0.1, 0.15) is 30.2 Å². The third-order valence-electron chi connectivity index (χ3n) is 10.5. The van der Waals surface area contributed by atoms with Gasteiger partial charge in [-0.1, -0.05) is 12.2 Å². The molecule has 408 valence electrons. The van der Waals surface area contributed by atoms with Crippen LogP contribution in [0.4, 0.5) is 11.6 Å². The Morgan fingerprint density at radius 3 is 1.99 bits per heavy atom. The second kappa shape index (κ2) is 27.5. The normalized spacial score (nSPS) is 12.9. The number of carbonyl (C=O) groups is 9. The second-order valence-electron chi connectivity index (χ2n) is 16.6. The van der Waals surface area contributed by atoms with Crippen molar-refractivity contribution in [3.63, 3.8) is 0 Å². The molecule has 5 amide bonds. The number of aliphatic carboxylic acids is 4. The Labute approximate surface area is 433 Å². The van der Waals surface area contributed by atoms with Crippen LogP contribution < -0.4 is 54.7 Å². The average Bonchev–Trinajstić information content (AvgIpc) is 3.60. The highest BCUT2D eigenvalue weighted by atomic mass is 32.2. The van der Waals surface area contributed by atoms with Crippen molar-refractivity contribution >= 4 is 93.9 Å². The molecule has 0 saturated heterocycles. The quantitative estimate of drug-likeness (QED) is 0.00842. The Bertz CT molecular complexity index is 2940. The van der Waals surface area contributed by atoms with Crippen LogP contribution in [0.2, 0.25) is 0 Å². The minimum Gasteiger partial charge on any atom is -0.494 e. The van der Waals surface area contributed by atoms with Crippen LogP contribution in [0.15, 0.2) is 63.4 Å². The summed E-state index contributed by atoms with van der Waals surface area (Å²) >= 11 is 0.707. The highest BCUT2D eigenvalue weighted by Gasteiger charge is 2.34. The summed E-state index contributed by atoms with van der Waals surface area (Å²) in [5.74, 6) is -13.9. The molecule has 4 aromatic rings. The van der Waals surface area contributed by atoms with Crippen LogP contribution in [0, 0.1) is 0 Å². The van der Waals surface area contributed by atoms with Gasteiger partial charge in [0.25, 0.3) is 11.5 Å². The number of carboxylic acids is 4. The van der Waals surface area contributed by atoms with E-state index in [9.17, 15) is 78.6 Å². The van der Waals surface area contributed by atoms with E-state index in [2.05, 4.69) is 63.4 Å². The predicted octanol–water partition coefficient (Wildman–Crippen LogP) is -2.52. The van der Waals surface area contributed by atoms with Crippen LogP contribution in [-0.4, -0.2) is 157 Å². The maximum absolute atomic E-state index is 13.8. The molecule has 0 saturated carbocycles. The number of carboxylic acid groups (broad SMARTS) is 4. The number of nitrogen functional groups attached to an aromatic ring is 1. The number of carbonyl (C=O) groups excluding carboxylic acids is 5. The van der Waals surface area contributed by atoms with Crippen molar-refractivity contribution in [1.82, 2.24) is 51.1 Å². The highest BCUT2D eigenvalue weighted by molar-refractivity contribution is 7.99. The topological polar surface area (TPSA) is 514 Å². The van der Waals surface area contributed by atoms with E-state index in [0.29, 0.717) is 28.7 Å². The minimum atomic E-state index is -1.99. The molecule has 76 heavy (non-hydrogen) atoms. The number of thioether (sulfide) groups is 1. The van der Waals surface area contributed by atoms with Gasteiger partial charge >= 0.3 is 23.9 Å². The molecule has 0 aliphatic carbocycles. The highest BCUT2D eigenvalue weighted by Crippen LogP contribution is 2.36. The van der Waals surface area contributed by atoms with Crippen LogP contribution in [0.1, 0.15) is 61.5 Å². The summed E-state index contributed by atoms with van der Waals surface area (Å²) in [6, 6.07) is -2.23. The van der Waals surface area contributed by atoms with Gasteiger partial charge < -0.3 is 79.7 Å². The molecule has 0 aliphatic rings. The molecular weight excluding hydrogens is 1030 g/mol. The van der Waals surface area contributed by atoms with Crippen molar-refractivity contribution in [3.05, 3.63) is 70.3 Å². The van der Waals surface area contributed by atoms with Crippen molar-refractivity contribution in [2.45, 2.75) is 93.6 Å². The fraction of sp³-hybridized carbons (Fsp3) is 0.364. The summed E-state index contributed by atoms with van der Waals surface area (Å²) < 4.78 is 1.08. The SMILES string of the molecule is C=C(C)Cn1c(O)cc(SC[C@H](NC(=O)[C@H](CC(=O)O)NC(=O)[C@H](CCCN=C(N)N)NC(=O)[C@H](CC(=O)O)NC(=O)CC[C@H](NC(=O)c2ccc(NCc3cnc4nc(N)[nH]c(=O)c4n3)cc2)C(=O)O)C(=O)O)c1O. The largest absolute Gasteiger partial charge is 0.494 e. The lowest BCUT2D eigenvalue weighted by atomic mass is 10.1. The number of aromatic hydroxyl groups is 2. The zero-order chi connectivity index (χ0) is 56.4. The van der Waals surface area contributed by atoms with E-state index in [1.165, 1.54) is 30.5 Å². The molecule has 0 unspecified atom stereocenters. The number of amides is 5. The first-order chi connectivity index (χ1) is 35.8. The average molecular weight is 1080 g/mol. The number of aliphatic imine (C=N–C) groups is 1. The number of aromatic nitrogens is 5. The van der Waals surface area contributed by atoms with E-state index in [0.717, 1.165) is 10.6 Å². The molecular formula is C44H55N15O16S. The zero-order valence-corrected chi connectivity index (χ0v) is 41.1. The van der Waals surface area contributed by atoms with E-state index in [1.54, 1.807) is 6.92 Å². The number of hydrogen-bond donors (Lipinski definition) is 16. The first-order valence-electron chi connectivity index (χ1n) is 22.5. The van der Waals surface area contributed by atoms with Gasteiger partial charge in [0.15, 0.2) is 23.0 Å². The standard InChI is InChI=1S/C44H55N15O16S/c1-19(2)17-59-30(61)14-28(40(59)71)76-18-27(42(74)75)56-38(69)26(13-32(64)65)55-36(67)23(4-3-11-48-43(45)46)53-37(68)25(12-31(62)63)52-29(60)10-9-24(41(72)73)54-35(66)20-5-7-21(8-6-20)49-15-22-16-50-34-33(51-22)39(70)58-44(47)57-34/h5-8,14,16,23-27,49,61,71H,1,3-4,9-13,15,17-18H2,2H3,(H,52,60)(H,53,68)(H,54,66)(H,55,67)(H,56,69)(H,62,63)(H,64,65)(H,72,73)(H,74,75)(H4,45,46,48)(H3,47,50,57,58,70)/t23-,24-,25-,26-,27-/m0/s1. The summed E-state index contributed by atoms with van der Waals surface area (Å²) in [7, 11) is 0. The molecule has 19 N–H and O–H groups in total. The van der Waals surface area contributed by atoms with Crippen LogP contribution in [0.25, 0.3) is 11.2 Å². The van der Waals surface area contributed by atoms with Crippen LogP contribution in [0.3, 0.4) is 0 Å². The maximum Gasteiger partial charge on any atom is 0.327 e. The van der Waals surface area contributed by atoms with Crippen molar-refractivity contribution < 1.29 is 73.8 Å². The van der Waals surface area contributed by atoms with Gasteiger partial charge in [0.05, 0.1) is 36.2 Å². The van der Waals surface area contributed by atoms with E-state index < -0.39 is 126 Å². The maximum atomic E-state index is 13.8. The van der Waals surface area contributed by atoms with Crippen molar-refractivity contribution in [2.24, 2.45) is 16.5 Å². The molecule has 5 atom stereocenters. The minimum absolute atomic E-state index is 0.0112. The monoisotopic (exact) mass is 1080 g/mol. The number of H-pyrrole nitrogens is 1. The smallest absolute Gasteiger partial charge is 0.327 e.